The molecule has 2 rings (SSSR count). The number of benzene rings is 2. The number of carbonyl (C=O) groups is 2. The molecule has 0 aliphatic carbocycles. The summed E-state index contributed by atoms with van der Waals surface area (Å²) in [5.41, 5.74) is 7.38. The molecule has 2 amide bonds. The van der Waals surface area contributed by atoms with Crippen molar-refractivity contribution in [2.75, 3.05) is 18.1 Å². The molecular weight excluding hydrogens is 290 g/mol. The van der Waals surface area contributed by atoms with Gasteiger partial charge in [0.25, 0.3) is 11.8 Å². The summed E-state index contributed by atoms with van der Waals surface area (Å²) in [5, 5.41) is 5.63. The SMILES string of the molecule is CNC(=O)c1cccc(NC(=O)c2ccc(Cl)c(N)c2)c1. The highest BCUT2D eigenvalue weighted by Gasteiger charge is 2.09. The zero-order valence-electron chi connectivity index (χ0n) is 11.3. The number of hydrogen-bond donors (Lipinski definition) is 3. The van der Waals surface area contributed by atoms with Crippen molar-refractivity contribution < 1.29 is 9.59 Å². The third kappa shape index (κ3) is 3.52. The highest BCUT2D eigenvalue weighted by molar-refractivity contribution is 6.33. The van der Waals surface area contributed by atoms with Crippen LogP contribution in [0.25, 0.3) is 0 Å². The summed E-state index contributed by atoms with van der Waals surface area (Å²) in [5.74, 6) is -0.547. The molecule has 0 heterocycles. The summed E-state index contributed by atoms with van der Waals surface area (Å²) in [6.45, 7) is 0. The fourth-order valence-electron chi connectivity index (χ4n) is 1.77. The fraction of sp³-hybridized carbons (Fsp3) is 0.0667. The zero-order valence-corrected chi connectivity index (χ0v) is 12.1. The van der Waals surface area contributed by atoms with E-state index in [0.717, 1.165) is 0 Å². The summed E-state index contributed by atoms with van der Waals surface area (Å²) in [7, 11) is 1.55. The van der Waals surface area contributed by atoms with Gasteiger partial charge in [-0.2, -0.15) is 0 Å². The number of carbonyl (C=O) groups excluding carboxylic acids is 2. The maximum atomic E-state index is 12.1. The van der Waals surface area contributed by atoms with E-state index in [0.29, 0.717) is 27.5 Å². The number of nitrogens with one attached hydrogen (secondary N) is 2. The van der Waals surface area contributed by atoms with E-state index in [1.807, 2.05) is 0 Å². The third-order valence-corrected chi connectivity index (χ3v) is 3.21. The number of halogens is 1. The van der Waals surface area contributed by atoms with Gasteiger partial charge in [-0.25, -0.2) is 0 Å². The van der Waals surface area contributed by atoms with Crippen LogP contribution in [0.15, 0.2) is 42.5 Å². The molecule has 0 spiro atoms. The van der Waals surface area contributed by atoms with Crippen LogP contribution < -0.4 is 16.4 Å². The molecular formula is C15H14ClN3O2. The predicted octanol–water partition coefficient (Wildman–Crippen LogP) is 2.53. The van der Waals surface area contributed by atoms with Crippen LogP contribution in [0.5, 0.6) is 0 Å². The van der Waals surface area contributed by atoms with E-state index in [1.165, 1.54) is 6.07 Å². The number of nitrogen functional groups attached to an aromatic ring is 1. The van der Waals surface area contributed by atoms with E-state index in [1.54, 1.807) is 43.4 Å². The molecule has 0 fully saturated rings. The topological polar surface area (TPSA) is 84.2 Å². The van der Waals surface area contributed by atoms with Gasteiger partial charge < -0.3 is 16.4 Å². The van der Waals surface area contributed by atoms with Gasteiger partial charge in [-0.15, -0.1) is 0 Å². The molecule has 0 aliphatic rings. The van der Waals surface area contributed by atoms with Crippen molar-refractivity contribution in [3.63, 3.8) is 0 Å². The molecule has 21 heavy (non-hydrogen) atoms. The van der Waals surface area contributed by atoms with Crippen molar-refractivity contribution in [3.05, 3.63) is 58.6 Å². The number of hydrogen-bond acceptors (Lipinski definition) is 3. The van der Waals surface area contributed by atoms with E-state index in [2.05, 4.69) is 10.6 Å². The van der Waals surface area contributed by atoms with Crippen LogP contribution in [0.4, 0.5) is 11.4 Å². The number of nitrogens with two attached hydrogens (primary N) is 1. The van der Waals surface area contributed by atoms with E-state index in [-0.39, 0.29) is 11.8 Å². The second kappa shape index (κ2) is 6.28. The van der Waals surface area contributed by atoms with Gasteiger partial charge in [-0.05, 0) is 36.4 Å². The van der Waals surface area contributed by atoms with Crippen molar-refractivity contribution in [1.82, 2.24) is 5.32 Å². The molecule has 5 nitrogen and oxygen atoms in total. The Bertz CT molecular complexity index is 701. The maximum absolute atomic E-state index is 12.1. The van der Waals surface area contributed by atoms with Crippen LogP contribution in [0.3, 0.4) is 0 Å². The van der Waals surface area contributed by atoms with E-state index in [9.17, 15) is 9.59 Å². The van der Waals surface area contributed by atoms with Gasteiger partial charge in [0.05, 0.1) is 10.7 Å². The molecule has 0 aromatic heterocycles. The van der Waals surface area contributed by atoms with Crippen LogP contribution in [0.2, 0.25) is 5.02 Å². The zero-order chi connectivity index (χ0) is 15.4. The summed E-state index contributed by atoms with van der Waals surface area (Å²) >= 11 is 5.82. The number of anilines is 2. The van der Waals surface area contributed by atoms with Crippen LogP contribution >= 0.6 is 11.6 Å². The van der Waals surface area contributed by atoms with Gasteiger partial charge >= 0.3 is 0 Å². The van der Waals surface area contributed by atoms with Crippen molar-refractivity contribution in [3.8, 4) is 0 Å². The van der Waals surface area contributed by atoms with Crippen molar-refractivity contribution >= 4 is 34.8 Å². The Morgan fingerprint density at radius 2 is 1.76 bits per heavy atom. The molecule has 2 aromatic rings. The molecule has 0 saturated carbocycles. The molecule has 6 heteroatoms. The van der Waals surface area contributed by atoms with E-state index < -0.39 is 0 Å². The van der Waals surface area contributed by atoms with E-state index in [4.69, 9.17) is 17.3 Å². The summed E-state index contributed by atoms with van der Waals surface area (Å²) in [6.07, 6.45) is 0. The normalized spacial score (nSPS) is 10.0. The average Bonchev–Trinajstić information content (AvgIpc) is 2.49. The molecule has 0 radical (unpaired) electrons. The lowest BCUT2D eigenvalue weighted by atomic mass is 10.1. The highest BCUT2D eigenvalue weighted by atomic mass is 35.5. The van der Waals surface area contributed by atoms with Gasteiger partial charge in [0.2, 0.25) is 0 Å². The number of amides is 2. The summed E-state index contributed by atoms with van der Waals surface area (Å²) in [4.78, 5) is 23.7. The lowest BCUT2D eigenvalue weighted by Crippen LogP contribution is -2.18. The molecule has 0 atom stereocenters. The van der Waals surface area contributed by atoms with Crippen molar-refractivity contribution in [2.45, 2.75) is 0 Å². The fourth-order valence-corrected chi connectivity index (χ4v) is 1.89. The molecule has 0 saturated heterocycles. The van der Waals surface area contributed by atoms with Gasteiger partial charge in [-0.3, -0.25) is 9.59 Å². The largest absolute Gasteiger partial charge is 0.398 e. The minimum absolute atomic E-state index is 0.221. The average molecular weight is 304 g/mol. The molecule has 0 aliphatic heterocycles. The van der Waals surface area contributed by atoms with E-state index >= 15 is 0 Å². The Morgan fingerprint density at radius 1 is 1.05 bits per heavy atom. The lowest BCUT2D eigenvalue weighted by Gasteiger charge is -2.08. The predicted molar refractivity (Wildman–Crippen MR) is 83.6 cm³/mol. The van der Waals surface area contributed by atoms with Crippen molar-refractivity contribution in [2.24, 2.45) is 0 Å². The standard InChI is InChI=1S/C15H14ClN3O2/c1-18-14(20)9-3-2-4-11(7-9)19-15(21)10-5-6-12(16)13(17)8-10/h2-8H,17H2,1H3,(H,18,20)(H,19,21). The van der Waals surface area contributed by atoms with Gasteiger partial charge in [-0.1, -0.05) is 17.7 Å². The Morgan fingerprint density at radius 3 is 2.43 bits per heavy atom. The summed E-state index contributed by atoms with van der Waals surface area (Å²) < 4.78 is 0. The van der Waals surface area contributed by atoms with Crippen molar-refractivity contribution in [1.29, 1.82) is 0 Å². The highest BCUT2D eigenvalue weighted by Crippen LogP contribution is 2.20. The smallest absolute Gasteiger partial charge is 0.255 e. The number of rotatable bonds is 3. The Balaban J connectivity index is 2.19. The molecule has 2 aromatic carbocycles. The molecule has 108 valence electrons. The first-order chi connectivity index (χ1) is 10.0. The Labute approximate surface area is 127 Å². The van der Waals surface area contributed by atoms with Crippen LogP contribution in [-0.2, 0) is 0 Å². The minimum Gasteiger partial charge on any atom is -0.398 e. The molecule has 0 unspecified atom stereocenters. The quantitative estimate of drug-likeness (QED) is 0.762. The molecule has 4 N–H and O–H groups in total. The maximum Gasteiger partial charge on any atom is 0.255 e. The van der Waals surface area contributed by atoms with Crippen LogP contribution in [0, 0.1) is 0 Å². The minimum atomic E-state index is -0.326. The Kier molecular flexibility index (Phi) is 4.45. The first-order valence-electron chi connectivity index (χ1n) is 6.20. The summed E-state index contributed by atoms with van der Waals surface area (Å²) in [6, 6.07) is 11.3. The Hall–Kier alpha value is -2.53. The second-order valence-electron chi connectivity index (χ2n) is 4.35. The molecule has 0 bridgehead atoms. The first-order valence-corrected chi connectivity index (χ1v) is 6.57. The van der Waals surface area contributed by atoms with Gasteiger partial charge in [0, 0.05) is 23.9 Å². The van der Waals surface area contributed by atoms with Gasteiger partial charge in [0.15, 0.2) is 0 Å². The third-order valence-electron chi connectivity index (χ3n) is 2.87. The lowest BCUT2D eigenvalue weighted by molar-refractivity contribution is 0.0961. The second-order valence-corrected chi connectivity index (χ2v) is 4.76. The monoisotopic (exact) mass is 303 g/mol. The van der Waals surface area contributed by atoms with Gasteiger partial charge in [0.1, 0.15) is 0 Å². The van der Waals surface area contributed by atoms with Crippen LogP contribution in [0.1, 0.15) is 20.7 Å². The van der Waals surface area contributed by atoms with Crippen LogP contribution in [-0.4, -0.2) is 18.9 Å². The first kappa shape index (κ1) is 14.9.